The molecule has 0 spiro atoms. The minimum absolute atomic E-state index is 0.324. The van der Waals surface area contributed by atoms with Crippen LogP contribution in [0.2, 0.25) is 0 Å². The highest BCUT2D eigenvalue weighted by atomic mass is 32.1. The fourth-order valence-corrected chi connectivity index (χ4v) is 2.56. The summed E-state index contributed by atoms with van der Waals surface area (Å²) in [6, 6.07) is 5.50. The molecule has 0 amide bonds. The van der Waals surface area contributed by atoms with E-state index in [0.717, 1.165) is 22.0 Å². The molecule has 1 aromatic heterocycles. The molecule has 0 radical (unpaired) electrons. The van der Waals surface area contributed by atoms with E-state index in [1.54, 1.807) is 11.3 Å². The number of hydrogen-bond acceptors (Lipinski definition) is 5. The van der Waals surface area contributed by atoms with Crippen molar-refractivity contribution in [3.05, 3.63) is 39.8 Å². The van der Waals surface area contributed by atoms with Gasteiger partial charge in [-0.1, -0.05) is 0 Å². The molecule has 1 unspecified atom stereocenters. The molecule has 5 heteroatoms. The maximum atomic E-state index is 9.61. The van der Waals surface area contributed by atoms with Gasteiger partial charge < -0.3 is 14.6 Å². The summed E-state index contributed by atoms with van der Waals surface area (Å²) in [7, 11) is 0. The van der Waals surface area contributed by atoms with E-state index in [9.17, 15) is 5.11 Å². The van der Waals surface area contributed by atoms with E-state index in [0.29, 0.717) is 19.0 Å². The average molecular weight is 263 g/mol. The molecule has 4 nitrogen and oxygen atoms in total. The molecule has 0 saturated heterocycles. The number of aromatic nitrogens is 1. The molecule has 0 saturated carbocycles. The van der Waals surface area contributed by atoms with Gasteiger partial charge in [0.25, 0.3) is 0 Å². The van der Waals surface area contributed by atoms with Gasteiger partial charge in [0.1, 0.15) is 35.8 Å². The maximum Gasteiger partial charge on any atom is 0.140 e. The Kier molecular flexibility index (Phi) is 2.93. The Morgan fingerprint density at radius 3 is 3.22 bits per heavy atom. The Morgan fingerprint density at radius 2 is 2.44 bits per heavy atom. The molecule has 1 aliphatic rings. The first-order valence-corrected chi connectivity index (χ1v) is 6.59. The Morgan fingerprint density at radius 1 is 1.56 bits per heavy atom. The zero-order valence-electron chi connectivity index (χ0n) is 9.92. The summed E-state index contributed by atoms with van der Waals surface area (Å²) in [5, 5.41) is 12.6. The number of rotatable bonds is 3. The topological polar surface area (TPSA) is 51.6 Å². The van der Waals surface area contributed by atoms with Gasteiger partial charge in [0.2, 0.25) is 0 Å². The summed E-state index contributed by atoms with van der Waals surface area (Å²) in [5.41, 5.74) is 1.84. The normalized spacial score (nSPS) is 17.3. The number of ether oxygens (including phenoxy) is 2. The van der Waals surface area contributed by atoms with Crippen LogP contribution in [0.5, 0.6) is 11.5 Å². The molecule has 94 valence electrons. The molecule has 0 aliphatic carbocycles. The van der Waals surface area contributed by atoms with Gasteiger partial charge in [0, 0.05) is 22.7 Å². The summed E-state index contributed by atoms with van der Waals surface area (Å²) in [6.45, 7) is 2.74. The second-order valence-corrected chi connectivity index (χ2v) is 5.14. The van der Waals surface area contributed by atoms with E-state index >= 15 is 0 Å². The number of aliphatic hydroxyl groups excluding tert-OH is 1. The summed E-state index contributed by atoms with van der Waals surface area (Å²) < 4.78 is 11.0. The van der Waals surface area contributed by atoms with E-state index in [1.165, 1.54) is 0 Å². The third-order valence-corrected chi connectivity index (χ3v) is 3.71. The number of thiazole rings is 1. The van der Waals surface area contributed by atoms with Crippen LogP contribution in [0.25, 0.3) is 0 Å². The van der Waals surface area contributed by atoms with Crippen molar-refractivity contribution >= 4 is 11.3 Å². The second-order valence-electron chi connectivity index (χ2n) is 4.20. The van der Waals surface area contributed by atoms with Gasteiger partial charge in [0.15, 0.2) is 0 Å². The minimum Gasteiger partial charge on any atom is -0.490 e. The number of aliphatic hydroxyl groups is 1. The first-order valence-electron chi connectivity index (χ1n) is 5.71. The number of hydrogen-bond donors (Lipinski definition) is 1. The molecule has 1 aliphatic heterocycles. The van der Waals surface area contributed by atoms with E-state index in [2.05, 4.69) is 4.98 Å². The van der Waals surface area contributed by atoms with Crippen LogP contribution < -0.4 is 9.47 Å². The quantitative estimate of drug-likeness (QED) is 0.924. The number of nitrogens with zero attached hydrogens (tertiary/aromatic N) is 1. The van der Waals surface area contributed by atoms with Crippen LogP contribution in [0.15, 0.2) is 23.6 Å². The number of aryl methyl sites for hydroxylation is 1. The van der Waals surface area contributed by atoms with Gasteiger partial charge in [-0.3, -0.25) is 0 Å². The summed E-state index contributed by atoms with van der Waals surface area (Å²) in [6.07, 6.45) is -0.518. The van der Waals surface area contributed by atoms with Gasteiger partial charge >= 0.3 is 0 Å². The third kappa shape index (κ3) is 2.19. The highest BCUT2D eigenvalue weighted by Crippen LogP contribution is 2.35. The Balaban J connectivity index is 1.70. The van der Waals surface area contributed by atoms with Gasteiger partial charge in [-0.05, 0) is 19.1 Å². The molecule has 3 rings (SSSR count). The van der Waals surface area contributed by atoms with Gasteiger partial charge in [-0.2, -0.15) is 0 Å². The van der Waals surface area contributed by atoms with Crippen molar-refractivity contribution in [3.8, 4) is 11.5 Å². The lowest BCUT2D eigenvalue weighted by atomic mass is 10.1. The fourth-order valence-electron chi connectivity index (χ4n) is 1.88. The maximum absolute atomic E-state index is 9.61. The van der Waals surface area contributed by atoms with Crippen molar-refractivity contribution < 1.29 is 14.6 Å². The molecule has 0 fully saturated rings. The molecule has 1 aromatic carbocycles. The first-order chi connectivity index (χ1) is 8.72. The summed E-state index contributed by atoms with van der Waals surface area (Å²) in [4.78, 5) is 4.33. The smallest absolute Gasteiger partial charge is 0.140 e. The zero-order chi connectivity index (χ0) is 12.5. The fraction of sp³-hybridized carbons (Fsp3) is 0.308. The molecule has 2 aromatic rings. The Hall–Kier alpha value is -1.59. The Bertz CT molecular complexity index is 567. The lowest BCUT2D eigenvalue weighted by Crippen LogP contribution is -1.97. The van der Waals surface area contributed by atoms with Crippen LogP contribution in [0.1, 0.15) is 22.4 Å². The van der Waals surface area contributed by atoms with Crippen LogP contribution in [-0.2, 0) is 6.61 Å². The van der Waals surface area contributed by atoms with Crippen molar-refractivity contribution in [1.82, 2.24) is 4.98 Å². The summed E-state index contributed by atoms with van der Waals surface area (Å²) in [5.74, 6) is 1.44. The van der Waals surface area contributed by atoms with Gasteiger partial charge in [-0.15, -0.1) is 11.3 Å². The van der Waals surface area contributed by atoms with E-state index in [-0.39, 0.29) is 0 Å². The van der Waals surface area contributed by atoms with Crippen LogP contribution in [0.4, 0.5) is 0 Å². The lowest BCUT2D eigenvalue weighted by Gasteiger charge is -2.06. The van der Waals surface area contributed by atoms with Gasteiger partial charge in [-0.25, -0.2) is 4.98 Å². The SMILES string of the molecule is Cc1csc(COc2ccc3c(c2)OCC3O)n1. The van der Waals surface area contributed by atoms with Crippen molar-refractivity contribution in [2.75, 3.05) is 6.61 Å². The van der Waals surface area contributed by atoms with Crippen molar-refractivity contribution in [1.29, 1.82) is 0 Å². The third-order valence-electron chi connectivity index (χ3n) is 2.77. The van der Waals surface area contributed by atoms with E-state index in [4.69, 9.17) is 9.47 Å². The molecule has 0 bridgehead atoms. The molecule has 1 atom stereocenters. The summed E-state index contributed by atoms with van der Waals surface area (Å²) >= 11 is 1.59. The number of fused-ring (bicyclic) bond motifs is 1. The molecule has 2 heterocycles. The van der Waals surface area contributed by atoms with Crippen LogP contribution in [0, 0.1) is 6.92 Å². The Labute approximate surface area is 109 Å². The van der Waals surface area contributed by atoms with Crippen molar-refractivity contribution in [2.24, 2.45) is 0 Å². The predicted molar refractivity (Wildman–Crippen MR) is 68.1 cm³/mol. The number of benzene rings is 1. The highest BCUT2D eigenvalue weighted by Gasteiger charge is 2.22. The van der Waals surface area contributed by atoms with Crippen molar-refractivity contribution in [2.45, 2.75) is 19.6 Å². The van der Waals surface area contributed by atoms with E-state index in [1.807, 2.05) is 30.5 Å². The van der Waals surface area contributed by atoms with Gasteiger partial charge in [0.05, 0.1) is 0 Å². The predicted octanol–water partition coefficient (Wildman–Crippen LogP) is 2.46. The van der Waals surface area contributed by atoms with Crippen LogP contribution in [0.3, 0.4) is 0 Å². The van der Waals surface area contributed by atoms with Crippen LogP contribution in [-0.4, -0.2) is 16.7 Å². The second kappa shape index (κ2) is 4.59. The minimum atomic E-state index is -0.518. The standard InChI is InChI=1S/C13H13NO3S/c1-8-7-18-13(14-8)6-16-9-2-3-10-11(15)5-17-12(10)4-9/h2-4,7,11,15H,5-6H2,1H3. The first kappa shape index (κ1) is 11.5. The monoisotopic (exact) mass is 263 g/mol. The van der Waals surface area contributed by atoms with E-state index < -0.39 is 6.10 Å². The van der Waals surface area contributed by atoms with Crippen LogP contribution >= 0.6 is 11.3 Å². The molecular weight excluding hydrogens is 250 g/mol. The highest BCUT2D eigenvalue weighted by molar-refractivity contribution is 7.09. The zero-order valence-corrected chi connectivity index (χ0v) is 10.7. The molecule has 1 N–H and O–H groups in total. The lowest BCUT2D eigenvalue weighted by molar-refractivity contribution is 0.140. The molecular formula is C13H13NO3S. The average Bonchev–Trinajstić information content (AvgIpc) is 2.94. The molecule has 18 heavy (non-hydrogen) atoms. The largest absolute Gasteiger partial charge is 0.490 e. The van der Waals surface area contributed by atoms with Crippen molar-refractivity contribution in [3.63, 3.8) is 0 Å².